The van der Waals surface area contributed by atoms with Gasteiger partial charge in [-0.15, -0.1) is 0 Å². The van der Waals surface area contributed by atoms with E-state index in [1.165, 1.54) is 0 Å². The first kappa shape index (κ1) is 11.3. The minimum Gasteiger partial charge on any atom is -0.356 e. The van der Waals surface area contributed by atoms with Gasteiger partial charge in [0.15, 0.2) is 0 Å². The fraction of sp³-hybridized carbons (Fsp3) is 0.857. The van der Waals surface area contributed by atoms with Crippen molar-refractivity contribution in [3.8, 4) is 0 Å². The van der Waals surface area contributed by atoms with E-state index in [1.54, 1.807) is 0 Å². The average molecular weight is 133 g/mol. The van der Waals surface area contributed by atoms with Crippen molar-refractivity contribution in [3.05, 3.63) is 0 Å². The lowest BCUT2D eigenvalue weighted by Crippen LogP contribution is -2.22. The highest BCUT2D eigenvalue weighted by Gasteiger charge is 1.89. The average Bonchev–Trinajstić information content (AvgIpc) is 1.93. The Labute approximate surface area is 59.1 Å². The number of nitrogens with one attached hydrogen (secondary N) is 1. The molecule has 0 aromatic rings. The summed E-state index contributed by atoms with van der Waals surface area (Å²) in [6.07, 6.45) is 1.73. The third-order valence-electron chi connectivity index (χ3n) is 0.965. The van der Waals surface area contributed by atoms with Gasteiger partial charge in [-0.3, -0.25) is 4.79 Å². The molecule has 0 heterocycles. The third-order valence-corrected chi connectivity index (χ3v) is 0.965. The molecule has 1 unspecified atom stereocenters. The molecule has 0 aliphatic rings. The maximum Gasteiger partial charge on any atom is 0.207 e. The van der Waals surface area contributed by atoms with E-state index in [1.807, 2.05) is 27.7 Å². The van der Waals surface area contributed by atoms with Crippen molar-refractivity contribution in [2.45, 2.75) is 40.2 Å². The van der Waals surface area contributed by atoms with Gasteiger partial charge in [-0.25, -0.2) is 0 Å². The van der Waals surface area contributed by atoms with E-state index < -0.39 is 0 Å². The third kappa shape index (κ3) is 11.2. The van der Waals surface area contributed by atoms with Crippen molar-refractivity contribution in [1.82, 2.24) is 5.32 Å². The molecular weight excluding hydrogens is 114 g/mol. The van der Waals surface area contributed by atoms with E-state index in [9.17, 15) is 4.79 Å². The van der Waals surface area contributed by atoms with Crippen molar-refractivity contribution in [3.63, 3.8) is 0 Å². The Hall–Kier alpha value is -0.530. The Morgan fingerprint density at radius 2 is 2.11 bits per heavy atom. The smallest absolute Gasteiger partial charge is 0.207 e. The van der Waals surface area contributed by atoms with Gasteiger partial charge in [0, 0.05) is 7.47 Å². The van der Waals surface area contributed by atoms with Crippen LogP contribution >= 0.6 is 0 Å². The van der Waals surface area contributed by atoms with Gasteiger partial charge in [0.1, 0.15) is 0 Å². The Bertz CT molecular complexity index is 59.6. The van der Waals surface area contributed by atoms with Crippen LogP contribution in [0.25, 0.3) is 0 Å². The van der Waals surface area contributed by atoms with Gasteiger partial charge in [0.25, 0.3) is 0 Å². The zero-order chi connectivity index (χ0) is 7.70. The van der Waals surface area contributed by atoms with E-state index >= 15 is 0 Å². The molecule has 9 heavy (non-hydrogen) atoms. The van der Waals surface area contributed by atoms with Gasteiger partial charge in [-0.2, -0.15) is 0 Å². The summed E-state index contributed by atoms with van der Waals surface area (Å²) < 4.78 is 0. The molecule has 2 heteroatoms. The molecule has 0 aliphatic heterocycles. The molecule has 1 atom stereocenters. The van der Waals surface area contributed by atoms with Crippen LogP contribution in [0.5, 0.6) is 0 Å². The fourth-order valence-electron chi connectivity index (χ4n) is 0.234. The monoisotopic (exact) mass is 133 g/mol. The second-order valence-electron chi connectivity index (χ2n) is 1.59. The highest BCUT2D eigenvalue weighted by atomic mass is 16.1. The number of amides is 1. The molecule has 0 rings (SSSR count). The molecule has 1 N–H and O–H groups in total. The van der Waals surface area contributed by atoms with Crippen molar-refractivity contribution < 1.29 is 6.22 Å². The molecule has 0 fully saturated rings. The van der Waals surface area contributed by atoms with Crippen LogP contribution in [0.2, 0.25) is 0 Å². The van der Waals surface area contributed by atoms with E-state index in [0.29, 0.717) is 6.04 Å². The number of carbonyl (C=O) groups is 1. The first-order valence-corrected chi connectivity index (χ1v) is 3.51. The summed E-state index contributed by atoms with van der Waals surface area (Å²) in [5.41, 5.74) is 0. The standard InChI is InChI=1S/C5H11NO.C2H6.H2/c1-3-5(2)6-4-7;1-2;/h4-5H,3H2,1-2H3,(H,6,7);1-2H3;1H. The number of rotatable bonds is 3. The molecule has 0 aromatic carbocycles. The van der Waals surface area contributed by atoms with E-state index in [0.717, 1.165) is 12.8 Å². The Kier molecular flexibility index (Phi) is 13.1. The molecule has 0 radical (unpaired) electrons. The van der Waals surface area contributed by atoms with E-state index in [4.69, 9.17) is 0 Å². The molecule has 0 bridgehead atoms. The van der Waals surface area contributed by atoms with Crippen LogP contribution in [0.1, 0.15) is 35.5 Å². The summed E-state index contributed by atoms with van der Waals surface area (Å²) in [6.45, 7) is 8.00. The van der Waals surface area contributed by atoms with Gasteiger partial charge in [0.2, 0.25) is 6.41 Å². The largest absolute Gasteiger partial charge is 0.356 e. The maximum absolute atomic E-state index is 9.66. The van der Waals surface area contributed by atoms with Crippen LogP contribution in [-0.4, -0.2) is 12.5 Å². The van der Waals surface area contributed by atoms with Crippen molar-refractivity contribution in [2.75, 3.05) is 0 Å². The quantitative estimate of drug-likeness (QED) is 0.584. The normalized spacial score (nSPS) is 10.7. The molecule has 2 nitrogen and oxygen atoms in total. The summed E-state index contributed by atoms with van der Waals surface area (Å²) in [4.78, 5) is 9.66. The number of hydrogen-bond donors (Lipinski definition) is 1. The van der Waals surface area contributed by atoms with E-state index in [-0.39, 0.29) is 1.43 Å². The van der Waals surface area contributed by atoms with Crippen LogP contribution in [0.15, 0.2) is 0 Å². The Morgan fingerprint density at radius 3 is 2.22 bits per heavy atom. The zero-order valence-corrected chi connectivity index (χ0v) is 6.77. The lowest BCUT2D eigenvalue weighted by atomic mass is 10.3. The molecule has 58 valence electrons. The van der Waals surface area contributed by atoms with Crippen LogP contribution in [0.4, 0.5) is 0 Å². The number of hydrogen-bond acceptors (Lipinski definition) is 1. The van der Waals surface area contributed by atoms with Gasteiger partial charge in [-0.1, -0.05) is 20.8 Å². The Balaban J connectivity index is -0.000000149. The summed E-state index contributed by atoms with van der Waals surface area (Å²) in [5, 5.41) is 2.61. The minimum absolute atomic E-state index is 0. The first-order chi connectivity index (χ1) is 4.31. The zero-order valence-electron chi connectivity index (χ0n) is 6.77. The summed E-state index contributed by atoms with van der Waals surface area (Å²) in [5.74, 6) is 0. The summed E-state index contributed by atoms with van der Waals surface area (Å²) in [6, 6.07) is 0.331. The fourth-order valence-corrected chi connectivity index (χ4v) is 0.234. The van der Waals surface area contributed by atoms with Crippen molar-refractivity contribution in [1.29, 1.82) is 0 Å². The van der Waals surface area contributed by atoms with Gasteiger partial charge < -0.3 is 5.32 Å². The van der Waals surface area contributed by atoms with Gasteiger partial charge in [0.05, 0.1) is 0 Å². The molecule has 0 aliphatic carbocycles. The molecule has 0 saturated carbocycles. The topological polar surface area (TPSA) is 29.1 Å². The highest BCUT2D eigenvalue weighted by molar-refractivity contribution is 5.46. The lowest BCUT2D eigenvalue weighted by molar-refractivity contribution is -0.110. The van der Waals surface area contributed by atoms with Crippen molar-refractivity contribution in [2.24, 2.45) is 0 Å². The van der Waals surface area contributed by atoms with Gasteiger partial charge in [-0.05, 0) is 13.3 Å². The van der Waals surface area contributed by atoms with Crippen LogP contribution < -0.4 is 5.32 Å². The second kappa shape index (κ2) is 10.5. The van der Waals surface area contributed by atoms with Gasteiger partial charge >= 0.3 is 0 Å². The van der Waals surface area contributed by atoms with E-state index in [2.05, 4.69) is 5.32 Å². The Morgan fingerprint density at radius 1 is 1.67 bits per heavy atom. The lowest BCUT2D eigenvalue weighted by Gasteiger charge is -2.02. The van der Waals surface area contributed by atoms with Crippen LogP contribution in [0.3, 0.4) is 0 Å². The SMILES string of the molecule is CC.CCC(C)NC=O.[HH]. The molecular formula is C7H19NO. The molecule has 1 amide bonds. The predicted octanol–water partition coefficient (Wildman–Crippen LogP) is 1.80. The first-order valence-electron chi connectivity index (χ1n) is 3.51. The molecule has 0 spiro atoms. The predicted molar refractivity (Wildman–Crippen MR) is 42.4 cm³/mol. The number of carbonyl (C=O) groups excluding carboxylic acids is 1. The molecule has 0 aromatic heterocycles. The summed E-state index contributed by atoms with van der Waals surface area (Å²) in [7, 11) is 0. The van der Waals surface area contributed by atoms with Crippen LogP contribution in [-0.2, 0) is 4.79 Å². The summed E-state index contributed by atoms with van der Waals surface area (Å²) >= 11 is 0. The van der Waals surface area contributed by atoms with Crippen molar-refractivity contribution >= 4 is 6.41 Å². The maximum atomic E-state index is 9.66. The second-order valence-corrected chi connectivity index (χ2v) is 1.59. The minimum atomic E-state index is 0. The highest BCUT2D eigenvalue weighted by Crippen LogP contribution is 1.82. The van der Waals surface area contributed by atoms with Crippen LogP contribution in [0, 0.1) is 0 Å². The molecule has 0 saturated heterocycles.